The van der Waals surface area contributed by atoms with Crippen molar-refractivity contribution in [3.05, 3.63) is 16.4 Å². The topological polar surface area (TPSA) is 39.1 Å². The first kappa shape index (κ1) is 12.1. The van der Waals surface area contributed by atoms with E-state index in [0.29, 0.717) is 12.0 Å². The van der Waals surface area contributed by atoms with Crippen LogP contribution in [0.4, 0.5) is 0 Å². The molecule has 2 rings (SSSR count). The number of nitrogens with one attached hydrogen (secondary N) is 1. The van der Waals surface area contributed by atoms with Gasteiger partial charge in [0.15, 0.2) is 0 Å². The van der Waals surface area contributed by atoms with Crippen molar-refractivity contribution in [1.82, 2.24) is 15.1 Å². The molecule has 0 aliphatic carbocycles. The fourth-order valence-corrected chi connectivity index (χ4v) is 2.89. The molecular weight excluding hydrogens is 270 g/mol. The maximum absolute atomic E-state index is 5.47. The highest BCUT2D eigenvalue weighted by molar-refractivity contribution is 9.10. The quantitative estimate of drug-likeness (QED) is 0.920. The Morgan fingerprint density at radius 2 is 2.56 bits per heavy atom. The van der Waals surface area contributed by atoms with E-state index in [-0.39, 0.29) is 0 Å². The van der Waals surface area contributed by atoms with E-state index in [4.69, 9.17) is 4.74 Å². The van der Waals surface area contributed by atoms with Crippen molar-refractivity contribution in [2.24, 2.45) is 5.92 Å². The molecule has 1 saturated heterocycles. The summed E-state index contributed by atoms with van der Waals surface area (Å²) in [5.74, 6) is 0.545. The van der Waals surface area contributed by atoms with Crippen LogP contribution in [0.1, 0.15) is 25.1 Å². The minimum absolute atomic E-state index is 0.319. The molecule has 0 aromatic carbocycles. The predicted molar refractivity (Wildman–Crippen MR) is 66.3 cm³/mol. The molecule has 1 aromatic rings. The molecule has 5 heteroatoms. The summed E-state index contributed by atoms with van der Waals surface area (Å²) in [7, 11) is 2.00. The summed E-state index contributed by atoms with van der Waals surface area (Å²) in [5.41, 5.74) is 1.24. The van der Waals surface area contributed by atoms with Crippen molar-refractivity contribution >= 4 is 15.9 Å². The van der Waals surface area contributed by atoms with E-state index in [2.05, 4.69) is 33.3 Å². The van der Waals surface area contributed by atoms with Gasteiger partial charge in [-0.15, -0.1) is 0 Å². The van der Waals surface area contributed by atoms with Gasteiger partial charge in [-0.3, -0.25) is 4.68 Å². The van der Waals surface area contributed by atoms with Crippen LogP contribution in [-0.4, -0.2) is 30.0 Å². The molecule has 1 N–H and O–H groups in total. The third-order valence-corrected chi connectivity index (χ3v) is 3.79. The summed E-state index contributed by atoms with van der Waals surface area (Å²) in [5, 5.41) is 7.75. The normalized spacial score (nSPS) is 22.6. The Morgan fingerprint density at radius 3 is 3.12 bits per heavy atom. The number of hydrogen-bond acceptors (Lipinski definition) is 3. The van der Waals surface area contributed by atoms with Crippen molar-refractivity contribution < 1.29 is 4.74 Å². The molecule has 2 unspecified atom stereocenters. The highest BCUT2D eigenvalue weighted by atomic mass is 79.9. The molecule has 4 nitrogen and oxygen atoms in total. The van der Waals surface area contributed by atoms with Gasteiger partial charge in [0, 0.05) is 19.1 Å². The SMILES string of the molecule is CCn1ncc(Br)c1C(NC)C1CCOC1. The number of nitrogens with zero attached hydrogens (tertiary/aromatic N) is 2. The molecule has 90 valence electrons. The molecule has 0 bridgehead atoms. The molecule has 1 fully saturated rings. The lowest BCUT2D eigenvalue weighted by Gasteiger charge is -2.23. The molecule has 0 radical (unpaired) electrons. The van der Waals surface area contributed by atoms with E-state index < -0.39 is 0 Å². The zero-order valence-corrected chi connectivity index (χ0v) is 11.3. The fraction of sp³-hybridized carbons (Fsp3) is 0.727. The molecule has 1 aromatic heterocycles. The van der Waals surface area contributed by atoms with Gasteiger partial charge in [0.05, 0.1) is 29.0 Å². The Balaban J connectivity index is 2.27. The zero-order chi connectivity index (χ0) is 11.5. The summed E-state index contributed by atoms with van der Waals surface area (Å²) in [6, 6.07) is 0.319. The smallest absolute Gasteiger partial charge is 0.0699 e. The zero-order valence-electron chi connectivity index (χ0n) is 9.74. The highest BCUT2D eigenvalue weighted by Crippen LogP contribution is 2.32. The van der Waals surface area contributed by atoms with Gasteiger partial charge in [-0.1, -0.05) is 0 Å². The Bertz CT molecular complexity index is 347. The predicted octanol–water partition coefficient (Wildman–Crippen LogP) is 1.96. The molecule has 0 saturated carbocycles. The Kier molecular flexibility index (Phi) is 4.00. The third kappa shape index (κ3) is 2.17. The Morgan fingerprint density at radius 1 is 1.75 bits per heavy atom. The van der Waals surface area contributed by atoms with E-state index in [0.717, 1.165) is 30.7 Å². The van der Waals surface area contributed by atoms with Crippen LogP contribution in [0.5, 0.6) is 0 Å². The largest absolute Gasteiger partial charge is 0.381 e. The average Bonchev–Trinajstić information content (AvgIpc) is 2.91. The summed E-state index contributed by atoms with van der Waals surface area (Å²) in [6.45, 7) is 4.72. The summed E-state index contributed by atoms with van der Waals surface area (Å²) in [4.78, 5) is 0. The number of hydrogen-bond donors (Lipinski definition) is 1. The van der Waals surface area contributed by atoms with Crippen LogP contribution in [0.15, 0.2) is 10.7 Å². The van der Waals surface area contributed by atoms with Gasteiger partial charge in [0.1, 0.15) is 0 Å². The lowest BCUT2D eigenvalue weighted by molar-refractivity contribution is 0.176. The number of aromatic nitrogens is 2. The number of rotatable bonds is 4. The van der Waals surface area contributed by atoms with Gasteiger partial charge < -0.3 is 10.1 Å². The van der Waals surface area contributed by atoms with Crippen molar-refractivity contribution in [3.8, 4) is 0 Å². The van der Waals surface area contributed by atoms with E-state index >= 15 is 0 Å². The highest BCUT2D eigenvalue weighted by Gasteiger charge is 2.29. The molecule has 0 spiro atoms. The van der Waals surface area contributed by atoms with Crippen LogP contribution in [0.3, 0.4) is 0 Å². The van der Waals surface area contributed by atoms with Gasteiger partial charge in [0.25, 0.3) is 0 Å². The van der Waals surface area contributed by atoms with Crippen molar-refractivity contribution in [3.63, 3.8) is 0 Å². The maximum Gasteiger partial charge on any atom is 0.0699 e. The second kappa shape index (κ2) is 5.29. The van der Waals surface area contributed by atoms with Gasteiger partial charge >= 0.3 is 0 Å². The van der Waals surface area contributed by atoms with Gasteiger partial charge in [0.2, 0.25) is 0 Å². The van der Waals surface area contributed by atoms with Gasteiger partial charge in [-0.2, -0.15) is 5.10 Å². The number of halogens is 1. The first-order valence-corrected chi connectivity index (χ1v) is 6.53. The van der Waals surface area contributed by atoms with Crippen molar-refractivity contribution in [2.75, 3.05) is 20.3 Å². The van der Waals surface area contributed by atoms with Crippen LogP contribution < -0.4 is 5.32 Å². The minimum Gasteiger partial charge on any atom is -0.381 e. The standard InChI is InChI=1S/C11H18BrN3O/c1-3-15-11(9(12)6-14-15)10(13-2)8-4-5-16-7-8/h6,8,10,13H,3-5,7H2,1-2H3. The summed E-state index contributed by atoms with van der Waals surface area (Å²) >= 11 is 3.58. The van der Waals surface area contributed by atoms with Crippen molar-refractivity contribution in [2.45, 2.75) is 25.9 Å². The van der Waals surface area contributed by atoms with Gasteiger partial charge in [-0.25, -0.2) is 0 Å². The molecule has 2 heterocycles. The second-order valence-corrected chi connectivity index (χ2v) is 4.94. The maximum atomic E-state index is 5.47. The average molecular weight is 288 g/mol. The van der Waals surface area contributed by atoms with Crippen molar-refractivity contribution in [1.29, 1.82) is 0 Å². The lowest BCUT2D eigenvalue weighted by Crippen LogP contribution is -2.28. The monoisotopic (exact) mass is 287 g/mol. The third-order valence-electron chi connectivity index (χ3n) is 3.17. The fourth-order valence-electron chi connectivity index (χ4n) is 2.34. The van der Waals surface area contributed by atoms with Crippen LogP contribution in [0, 0.1) is 5.92 Å². The first-order valence-electron chi connectivity index (χ1n) is 5.74. The minimum atomic E-state index is 0.319. The van der Waals surface area contributed by atoms with E-state index in [9.17, 15) is 0 Å². The molecule has 1 aliphatic rings. The Labute approximate surface area is 104 Å². The van der Waals surface area contributed by atoms with Crippen LogP contribution in [0.25, 0.3) is 0 Å². The number of aryl methyl sites for hydroxylation is 1. The van der Waals surface area contributed by atoms with Crippen LogP contribution in [0.2, 0.25) is 0 Å². The summed E-state index contributed by atoms with van der Waals surface area (Å²) in [6.07, 6.45) is 2.99. The summed E-state index contributed by atoms with van der Waals surface area (Å²) < 4.78 is 8.60. The molecule has 0 amide bonds. The first-order chi connectivity index (χ1) is 7.77. The molecule has 16 heavy (non-hydrogen) atoms. The molecule has 1 aliphatic heterocycles. The van der Waals surface area contributed by atoms with E-state index in [1.165, 1.54) is 5.69 Å². The van der Waals surface area contributed by atoms with Crippen LogP contribution >= 0.6 is 15.9 Å². The van der Waals surface area contributed by atoms with E-state index in [1.54, 1.807) is 0 Å². The molecule has 2 atom stereocenters. The van der Waals surface area contributed by atoms with Crippen LogP contribution in [-0.2, 0) is 11.3 Å². The lowest BCUT2D eigenvalue weighted by atomic mass is 9.96. The van der Waals surface area contributed by atoms with Gasteiger partial charge in [-0.05, 0) is 36.3 Å². The molecular formula is C11H18BrN3O. The Hall–Kier alpha value is -0.390. The second-order valence-electron chi connectivity index (χ2n) is 4.08. The number of ether oxygens (including phenoxy) is 1. The van der Waals surface area contributed by atoms with E-state index in [1.807, 2.05) is 17.9 Å².